The van der Waals surface area contributed by atoms with Crippen LogP contribution in [0.1, 0.15) is 5.56 Å². The largest absolute Gasteiger partial charge is 0.491 e. The highest BCUT2D eigenvalue weighted by atomic mass is 16.6. The van der Waals surface area contributed by atoms with Gasteiger partial charge in [0.15, 0.2) is 0 Å². The minimum Gasteiger partial charge on any atom is -0.491 e. The van der Waals surface area contributed by atoms with E-state index >= 15 is 0 Å². The molecule has 0 aromatic heterocycles. The summed E-state index contributed by atoms with van der Waals surface area (Å²) in [6, 6.07) is 18.5. The van der Waals surface area contributed by atoms with Crippen molar-refractivity contribution in [3.63, 3.8) is 0 Å². The Kier molecular flexibility index (Phi) is 4.10. The maximum Gasteiger partial charge on any atom is 0.273 e. The molecule has 0 fully saturated rings. The van der Waals surface area contributed by atoms with Gasteiger partial charge in [-0.15, -0.1) is 0 Å². The third-order valence-electron chi connectivity index (χ3n) is 3.72. The first-order chi connectivity index (χ1) is 11.1. The summed E-state index contributed by atoms with van der Waals surface area (Å²) >= 11 is 0. The average Bonchev–Trinajstić information content (AvgIpc) is 2.56. The first-order valence-corrected chi connectivity index (χ1v) is 7.28. The van der Waals surface area contributed by atoms with E-state index in [0.717, 1.165) is 0 Å². The number of nitrogens with zero attached hydrogens (tertiary/aromatic N) is 1. The molecule has 0 aliphatic rings. The molecule has 3 aromatic carbocycles. The quantitative estimate of drug-likeness (QED) is 0.440. The van der Waals surface area contributed by atoms with Crippen LogP contribution in [0, 0.1) is 10.1 Å². The van der Waals surface area contributed by atoms with Crippen LogP contribution in [0.5, 0.6) is 5.75 Å². The highest BCUT2D eigenvalue weighted by molar-refractivity contribution is 5.85. The van der Waals surface area contributed by atoms with Crippen LogP contribution >= 0.6 is 0 Å². The SMILES string of the molecule is Nc1ccc([N+](=O)[O-])cc1OCCc1cccc2ccccc12. The first kappa shape index (κ1) is 14.8. The monoisotopic (exact) mass is 308 g/mol. The molecule has 2 N–H and O–H groups in total. The fourth-order valence-corrected chi connectivity index (χ4v) is 2.54. The topological polar surface area (TPSA) is 78.4 Å². The van der Waals surface area contributed by atoms with Crippen molar-refractivity contribution in [1.29, 1.82) is 0 Å². The number of benzene rings is 3. The smallest absolute Gasteiger partial charge is 0.273 e. The molecule has 5 nitrogen and oxygen atoms in total. The summed E-state index contributed by atoms with van der Waals surface area (Å²) in [5.74, 6) is 0.347. The second-order valence-electron chi connectivity index (χ2n) is 5.22. The van der Waals surface area contributed by atoms with Gasteiger partial charge in [0, 0.05) is 12.5 Å². The molecule has 0 bridgehead atoms. The molecule has 0 aliphatic heterocycles. The van der Waals surface area contributed by atoms with Crippen molar-refractivity contribution in [2.45, 2.75) is 6.42 Å². The van der Waals surface area contributed by atoms with E-state index in [9.17, 15) is 10.1 Å². The number of ether oxygens (including phenoxy) is 1. The Morgan fingerprint density at radius 3 is 2.65 bits per heavy atom. The number of fused-ring (bicyclic) bond motifs is 1. The van der Waals surface area contributed by atoms with Crippen LogP contribution in [0.3, 0.4) is 0 Å². The summed E-state index contributed by atoms with van der Waals surface area (Å²) in [4.78, 5) is 10.4. The fraction of sp³-hybridized carbons (Fsp3) is 0.111. The van der Waals surface area contributed by atoms with Gasteiger partial charge in [-0.05, 0) is 22.4 Å². The third kappa shape index (κ3) is 3.23. The molecule has 3 rings (SSSR count). The fourth-order valence-electron chi connectivity index (χ4n) is 2.54. The molecule has 116 valence electrons. The lowest BCUT2D eigenvalue weighted by atomic mass is 10.0. The van der Waals surface area contributed by atoms with Crippen molar-refractivity contribution in [2.24, 2.45) is 0 Å². The molecular weight excluding hydrogens is 292 g/mol. The number of anilines is 1. The number of nitro groups is 1. The summed E-state index contributed by atoms with van der Waals surface area (Å²) < 4.78 is 5.65. The molecule has 0 radical (unpaired) electrons. The lowest BCUT2D eigenvalue weighted by molar-refractivity contribution is -0.384. The van der Waals surface area contributed by atoms with E-state index in [1.165, 1.54) is 34.5 Å². The first-order valence-electron chi connectivity index (χ1n) is 7.28. The van der Waals surface area contributed by atoms with Crippen LogP contribution in [-0.4, -0.2) is 11.5 Å². The number of hydrogen-bond donors (Lipinski definition) is 1. The van der Waals surface area contributed by atoms with Gasteiger partial charge < -0.3 is 10.5 Å². The summed E-state index contributed by atoms with van der Waals surface area (Å²) in [6.07, 6.45) is 0.698. The van der Waals surface area contributed by atoms with Gasteiger partial charge in [-0.1, -0.05) is 42.5 Å². The Morgan fingerprint density at radius 2 is 1.83 bits per heavy atom. The predicted octanol–water partition coefficient (Wildman–Crippen LogP) is 3.95. The van der Waals surface area contributed by atoms with Crippen molar-refractivity contribution in [3.05, 3.63) is 76.3 Å². The van der Waals surface area contributed by atoms with Crippen molar-refractivity contribution >= 4 is 22.1 Å². The minimum absolute atomic E-state index is 0.0284. The molecule has 0 amide bonds. The van der Waals surface area contributed by atoms with E-state index in [2.05, 4.69) is 24.3 Å². The summed E-state index contributed by atoms with van der Waals surface area (Å²) in [5.41, 5.74) is 7.35. The number of hydrogen-bond acceptors (Lipinski definition) is 4. The molecule has 0 aliphatic carbocycles. The Bertz CT molecular complexity index is 857. The maximum absolute atomic E-state index is 10.8. The minimum atomic E-state index is -0.461. The number of nitrogens with two attached hydrogens (primary N) is 1. The summed E-state index contributed by atoms with van der Waals surface area (Å²) in [6.45, 7) is 0.402. The normalized spacial score (nSPS) is 10.6. The Morgan fingerprint density at radius 1 is 1.04 bits per heavy atom. The number of nitro benzene ring substituents is 1. The number of nitrogen functional groups attached to an aromatic ring is 1. The van der Waals surface area contributed by atoms with Crippen LogP contribution in [0.15, 0.2) is 60.7 Å². The van der Waals surface area contributed by atoms with E-state index in [0.29, 0.717) is 24.5 Å². The number of rotatable bonds is 5. The zero-order chi connectivity index (χ0) is 16.2. The van der Waals surface area contributed by atoms with Crippen LogP contribution in [0.25, 0.3) is 10.8 Å². The van der Waals surface area contributed by atoms with Crippen molar-refractivity contribution in [1.82, 2.24) is 0 Å². The molecule has 0 spiro atoms. The van der Waals surface area contributed by atoms with Crippen LogP contribution < -0.4 is 10.5 Å². The second-order valence-corrected chi connectivity index (χ2v) is 5.22. The van der Waals surface area contributed by atoms with Crippen molar-refractivity contribution < 1.29 is 9.66 Å². The van der Waals surface area contributed by atoms with Gasteiger partial charge in [0.05, 0.1) is 23.3 Å². The third-order valence-corrected chi connectivity index (χ3v) is 3.72. The Balaban J connectivity index is 1.74. The van der Waals surface area contributed by atoms with Crippen LogP contribution in [0.2, 0.25) is 0 Å². The van der Waals surface area contributed by atoms with E-state index in [4.69, 9.17) is 10.5 Å². The van der Waals surface area contributed by atoms with E-state index in [1.54, 1.807) is 0 Å². The standard InChI is InChI=1S/C18H16N2O3/c19-17-9-8-15(20(21)22)12-18(17)23-11-10-14-6-3-5-13-4-1-2-7-16(13)14/h1-9,12H,10-11,19H2. The van der Waals surface area contributed by atoms with Gasteiger partial charge in [0.1, 0.15) is 5.75 Å². The van der Waals surface area contributed by atoms with Crippen LogP contribution in [-0.2, 0) is 6.42 Å². The van der Waals surface area contributed by atoms with Gasteiger partial charge in [0.2, 0.25) is 0 Å². The molecule has 0 saturated carbocycles. The zero-order valence-corrected chi connectivity index (χ0v) is 12.4. The Labute approximate surface area is 133 Å². The summed E-state index contributed by atoms with van der Waals surface area (Å²) in [5, 5.41) is 13.2. The van der Waals surface area contributed by atoms with Crippen molar-refractivity contribution in [3.8, 4) is 5.75 Å². The molecule has 0 saturated heterocycles. The molecule has 0 unspecified atom stereocenters. The average molecular weight is 308 g/mol. The lowest BCUT2D eigenvalue weighted by Crippen LogP contribution is -2.04. The van der Waals surface area contributed by atoms with Gasteiger partial charge in [-0.2, -0.15) is 0 Å². The highest BCUT2D eigenvalue weighted by Crippen LogP contribution is 2.27. The van der Waals surface area contributed by atoms with E-state index < -0.39 is 4.92 Å². The van der Waals surface area contributed by atoms with Crippen LogP contribution in [0.4, 0.5) is 11.4 Å². The molecule has 5 heteroatoms. The maximum atomic E-state index is 10.8. The van der Waals surface area contributed by atoms with E-state index in [1.807, 2.05) is 18.2 Å². The molecule has 0 atom stereocenters. The predicted molar refractivity (Wildman–Crippen MR) is 90.7 cm³/mol. The zero-order valence-electron chi connectivity index (χ0n) is 12.4. The molecule has 0 heterocycles. The lowest BCUT2D eigenvalue weighted by Gasteiger charge is -2.10. The van der Waals surface area contributed by atoms with Gasteiger partial charge in [-0.3, -0.25) is 10.1 Å². The van der Waals surface area contributed by atoms with Crippen molar-refractivity contribution in [2.75, 3.05) is 12.3 Å². The summed E-state index contributed by atoms with van der Waals surface area (Å²) in [7, 11) is 0. The van der Waals surface area contributed by atoms with Gasteiger partial charge >= 0.3 is 0 Å². The van der Waals surface area contributed by atoms with Gasteiger partial charge in [0.25, 0.3) is 5.69 Å². The molecular formula is C18H16N2O3. The molecule has 23 heavy (non-hydrogen) atoms. The Hall–Kier alpha value is -3.08. The van der Waals surface area contributed by atoms with E-state index in [-0.39, 0.29) is 5.69 Å². The molecule has 3 aromatic rings. The highest BCUT2D eigenvalue weighted by Gasteiger charge is 2.10. The second kappa shape index (κ2) is 6.36. The van der Waals surface area contributed by atoms with Gasteiger partial charge in [-0.25, -0.2) is 0 Å². The number of non-ortho nitro benzene ring substituents is 1.